The van der Waals surface area contributed by atoms with Crippen molar-refractivity contribution in [2.45, 2.75) is 6.42 Å². The Bertz CT molecular complexity index is 700. The summed E-state index contributed by atoms with van der Waals surface area (Å²) in [7, 11) is 0. The Morgan fingerprint density at radius 1 is 1.10 bits per heavy atom. The molecule has 3 N–H and O–H groups in total. The van der Waals surface area contributed by atoms with E-state index in [1.54, 1.807) is 18.2 Å². The van der Waals surface area contributed by atoms with Crippen molar-refractivity contribution in [1.29, 1.82) is 0 Å². The Morgan fingerprint density at radius 3 is 2.48 bits per heavy atom. The van der Waals surface area contributed by atoms with Gasteiger partial charge in [0.05, 0.1) is 22.7 Å². The minimum absolute atomic E-state index is 0.00488. The molecule has 0 atom stereocenters. The highest BCUT2D eigenvalue weighted by Crippen LogP contribution is 2.26. The van der Waals surface area contributed by atoms with Crippen LogP contribution in [0.2, 0.25) is 5.02 Å². The maximum absolute atomic E-state index is 12.0. The number of aromatic carboxylic acids is 1. The lowest BCUT2D eigenvalue weighted by molar-refractivity contribution is -0.115. The number of para-hydroxylation sites is 2. The van der Waals surface area contributed by atoms with Crippen LogP contribution < -0.4 is 5.32 Å². The molecule has 0 saturated carbocycles. The number of carbonyl (C=O) groups is 2. The first kappa shape index (κ1) is 14.9. The van der Waals surface area contributed by atoms with Gasteiger partial charge in [-0.3, -0.25) is 4.79 Å². The number of carboxylic acid groups (broad SMARTS) is 1. The van der Waals surface area contributed by atoms with Gasteiger partial charge in [0.25, 0.3) is 0 Å². The monoisotopic (exact) mass is 305 g/mol. The van der Waals surface area contributed by atoms with Gasteiger partial charge in [-0.15, -0.1) is 0 Å². The molecule has 21 heavy (non-hydrogen) atoms. The third-order valence-electron chi connectivity index (χ3n) is 2.85. The Hall–Kier alpha value is -2.53. The number of phenols is 1. The lowest BCUT2D eigenvalue weighted by Gasteiger charge is -2.10. The second-order valence-corrected chi connectivity index (χ2v) is 4.73. The Kier molecular flexibility index (Phi) is 4.45. The van der Waals surface area contributed by atoms with Crippen LogP contribution in [0.25, 0.3) is 0 Å². The van der Waals surface area contributed by atoms with Crippen LogP contribution >= 0.6 is 11.6 Å². The number of amides is 1. The van der Waals surface area contributed by atoms with Crippen LogP contribution in [0, 0.1) is 0 Å². The maximum atomic E-state index is 12.0. The summed E-state index contributed by atoms with van der Waals surface area (Å²) in [6, 6.07) is 10.8. The summed E-state index contributed by atoms with van der Waals surface area (Å²) in [4.78, 5) is 23.1. The number of carboxylic acids is 1. The molecule has 0 aromatic heterocycles. The van der Waals surface area contributed by atoms with Crippen molar-refractivity contribution in [3.8, 4) is 5.75 Å². The molecule has 0 aliphatic heterocycles. The summed E-state index contributed by atoms with van der Waals surface area (Å²) in [5.74, 6) is -1.65. The number of hydrogen-bond acceptors (Lipinski definition) is 3. The molecule has 2 aromatic rings. The topological polar surface area (TPSA) is 86.6 Å². The van der Waals surface area contributed by atoms with Crippen LogP contribution in [0.3, 0.4) is 0 Å². The molecular formula is C15H12ClNO4. The fraction of sp³-hybridized carbons (Fsp3) is 0.0667. The molecule has 0 aliphatic carbocycles. The highest BCUT2D eigenvalue weighted by Gasteiger charge is 2.16. The number of hydrogen-bond donors (Lipinski definition) is 3. The quantitative estimate of drug-likeness (QED) is 0.810. The normalized spacial score (nSPS) is 10.1. The van der Waals surface area contributed by atoms with Crippen LogP contribution in [0.4, 0.5) is 5.69 Å². The maximum Gasteiger partial charge on any atom is 0.337 e. The summed E-state index contributed by atoms with van der Waals surface area (Å²) in [6.07, 6.45) is -0.0864. The van der Waals surface area contributed by atoms with Crippen LogP contribution in [-0.4, -0.2) is 22.1 Å². The fourth-order valence-corrected chi connectivity index (χ4v) is 2.07. The van der Waals surface area contributed by atoms with Crippen molar-refractivity contribution in [2.75, 3.05) is 5.32 Å². The van der Waals surface area contributed by atoms with Gasteiger partial charge in [-0.2, -0.15) is 0 Å². The third-order valence-corrected chi connectivity index (χ3v) is 3.17. The van der Waals surface area contributed by atoms with E-state index < -0.39 is 11.9 Å². The Labute approximate surface area is 125 Å². The molecule has 0 spiro atoms. The smallest absolute Gasteiger partial charge is 0.337 e. The molecule has 6 heteroatoms. The van der Waals surface area contributed by atoms with Crippen LogP contribution in [0.5, 0.6) is 5.75 Å². The first-order valence-electron chi connectivity index (χ1n) is 6.07. The number of aromatic hydroxyl groups is 1. The fourth-order valence-electron chi connectivity index (χ4n) is 1.85. The molecule has 2 aromatic carbocycles. The standard InChI is InChI=1S/C15H12ClNO4/c16-11-6-3-5-10(15(20)21)14(11)17-13(19)8-9-4-1-2-7-12(9)18/h1-7,18H,8H2,(H,17,19)(H,20,21). The van der Waals surface area contributed by atoms with Crippen molar-refractivity contribution in [2.24, 2.45) is 0 Å². The van der Waals surface area contributed by atoms with Crippen molar-refractivity contribution in [3.05, 3.63) is 58.6 Å². The average Bonchev–Trinajstić information content (AvgIpc) is 2.43. The molecule has 0 bridgehead atoms. The molecule has 0 unspecified atom stereocenters. The molecule has 1 amide bonds. The molecule has 0 heterocycles. The first-order chi connectivity index (χ1) is 9.99. The lowest BCUT2D eigenvalue weighted by Crippen LogP contribution is -2.17. The molecule has 108 valence electrons. The molecular weight excluding hydrogens is 294 g/mol. The number of anilines is 1. The number of nitrogens with one attached hydrogen (secondary N) is 1. The highest BCUT2D eigenvalue weighted by molar-refractivity contribution is 6.34. The zero-order valence-corrected chi connectivity index (χ0v) is 11.6. The number of benzene rings is 2. The zero-order chi connectivity index (χ0) is 15.4. The van der Waals surface area contributed by atoms with Crippen LogP contribution in [-0.2, 0) is 11.2 Å². The van der Waals surface area contributed by atoms with Crippen molar-refractivity contribution in [3.63, 3.8) is 0 Å². The summed E-state index contributed by atoms with van der Waals surface area (Å²) < 4.78 is 0. The van der Waals surface area contributed by atoms with E-state index in [0.717, 1.165) is 0 Å². The van der Waals surface area contributed by atoms with Crippen LogP contribution in [0.15, 0.2) is 42.5 Å². The highest BCUT2D eigenvalue weighted by atomic mass is 35.5. The molecule has 2 rings (SSSR count). The van der Waals surface area contributed by atoms with E-state index >= 15 is 0 Å². The second kappa shape index (κ2) is 6.28. The third kappa shape index (κ3) is 3.52. The van der Waals surface area contributed by atoms with Crippen molar-refractivity contribution >= 4 is 29.2 Å². The molecule has 0 fully saturated rings. The summed E-state index contributed by atoms with van der Waals surface area (Å²) in [5.41, 5.74) is 0.402. The van der Waals surface area contributed by atoms with Gasteiger partial charge >= 0.3 is 5.97 Å². The predicted octanol–water partition coefficient (Wildman–Crippen LogP) is 2.92. The van der Waals surface area contributed by atoms with E-state index in [2.05, 4.69) is 5.32 Å². The number of halogens is 1. The summed E-state index contributed by atoms with van der Waals surface area (Å²) in [5, 5.41) is 21.3. The van der Waals surface area contributed by atoms with E-state index in [1.807, 2.05) is 0 Å². The number of phenolic OH excluding ortho intramolecular Hbond substituents is 1. The van der Waals surface area contributed by atoms with Gasteiger partial charge in [0.15, 0.2) is 0 Å². The van der Waals surface area contributed by atoms with Gasteiger partial charge in [-0.05, 0) is 18.2 Å². The van der Waals surface area contributed by atoms with E-state index in [4.69, 9.17) is 16.7 Å². The lowest BCUT2D eigenvalue weighted by atomic mass is 10.1. The van der Waals surface area contributed by atoms with Crippen LogP contribution in [0.1, 0.15) is 15.9 Å². The minimum atomic E-state index is -1.18. The van der Waals surface area contributed by atoms with E-state index in [9.17, 15) is 14.7 Å². The summed E-state index contributed by atoms with van der Waals surface area (Å²) >= 11 is 5.92. The van der Waals surface area contributed by atoms with Gasteiger partial charge in [0, 0.05) is 5.56 Å². The van der Waals surface area contributed by atoms with Crippen molar-refractivity contribution in [1.82, 2.24) is 0 Å². The van der Waals surface area contributed by atoms with Gasteiger partial charge in [0.1, 0.15) is 5.75 Å². The first-order valence-corrected chi connectivity index (χ1v) is 6.45. The van der Waals surface area contributed by atoms with Gasteiger partial charge in [0.2, 0.25) is 5.91 Å². The van der Waals surface area contributed by atoms with Gasteiger partial charge in [-0.1, -0.05) is 35.9 Å². The second-order valence-electron chi connectivity index (χ2n) is 4.32. The SMILES string of the molecule is O=C(Cc1ccccc1O)Nc1c(Cl)cccc1C(=O)O. The Morgan fingerprint density at radius 2 is 1.81 bits per heavy atom. The zero-order valence-electron chi connectivity index (χ0n) is 10.8. The molecule has 0 aliphatic rings. The molecule has 0 saturated heterocycles. The van der Waals surface area contributed by atoms with Gasteiger partial charge < -0.3 is 15.5 Å². The van der Waals surface area contributed by atoms with E-state index in [-0.39, 0.29) is 28.4 Å². The summed E-state index contributed by atoms with van der Waals surface area (Å²) in [6.45, 7) is 0. The average molecular weight is 306 g/mol. The van der Waals surface area contributed by atoms with Crippen molar-refractivity contribution < 1.29 is 19.8 Å². The number of rotatable bonds is 4. The van der Waals surface area contributed by atoms with Gasteiger partial charge in [-0.25, -0.2) is 4.79 Å². The molecule has 5 nitrogen and oxygen atoms in total. The largest absolute Gasteiger partial charge is 0.508 e. The predicted molar refractivity (Wildman–Crippen MR) is 78.9 cm³/mol. The Balaban J connectivity index is 2.21. The number of carbonyl (C=O) groups excluding carboxylic acids is 1. The van der Waals surface area contributed by atoms with E-state index in [0.29, 0.717) is 5.56 Å². The molecule has 0 radical (unpaired) electrons. The minimum Gasteiger partial charge on any atom is -0.508 e. The van der Waals surface area contributed by atoms with E-state index in [1.165, 1.54) is 24.3 Å².